The van der Waals surface area contributed by atoms with Gasteiger partial charge in [0.1, 0.15) is 0 Å². The first-order valence-corrected chi connectivity index (χ1v) is 12.3. The topological polar surface area (TPSA) is 91.8 Å². The van der Waals surface area contributed by atoms with Gasteiger partial charge in [0, 0.05) is 55.3 Å². The van der Waals surface area contributed by atoms with E-state index in [0.29, 0.717) is 23.8 Å². The third-order valence-corrected chi connectivity index (χ3v) is 8.38. The zero-order valence-corrected chi connectivity index (χ0v) is 19.5. The van der Waals surface area contributed by atoms with E-state index in [1.54, 1.807) is 37.7 Å². The van der Waals surface area contributed by atoms with E-state index in [4.69, 9.17) is 16.3 Å². The van der Waals surface area contributed by atoms with Crippen LogP contribution in [0.5, 0.6) is 0 Å². The first-order chi connectivity index (χ1) is 15.9. The molecule has 2 aliphatic rings. The average Bonchev–Trinajstić information content (AvgIpc) is 2.77. The van der Waals surface area contributed by atoms with E-state index in [2.05, 4.69) is 10.3 Å². The second kappa shape index (κ2) is 8.66. The van der Waals surface area contributed by atoms with Gasteiger partial charge >= 0.3 is 0 Å². The Labute approximate surface area is 197 Å². The maximum Gasteiger partial charge on any atom is 0.282 e. The number of rotatable bonds is 5. The Kier molecular flexibility index (Phi) is 5.84. The molecule has 1 saturated heterocycles. The monoisotopic (exact) mass is 486 g/mol. The summed E-state index contributed by atoms with van der Waals surface area (Å²) in [5.41, 5.74) is 2.07. The fraction of sp³-hybridized carbons (Fsp3) is 0.304. The standard InChI is InChI=1S/C23H23ClN4O4S/c1-32-18-12-28(13-18)33(30,31)27-11-16-6-7-17(24)8-20(16)21(14-27)23(29)26-22-10-25-9-15-4-2-3-5-19(15)22/h2-10,18,21H,11-14H2,1H3,(H,26,29). The van der Waals surface area contributed by atoms with Crippen LogP contribution in [-0.4, -0.2) is 60.8 Å². The van der Waals surface area contributed by atoms with Gasteiger partial charge in [-0.2, -0.15) is 17.0 Å². The molecule has 172 valence electrons. The number of nitrogens with one attached hydrogen (secondary N) is 1. The van der Waals surface area contributed by atoms with Gasteiger partial charge in [-0.3, -0.25) is 9.78 Å². The van der Waals surface area contributed by atoms with Gasteiger partial charge < -0.3 is 10.1 Å². The zero-order valence-electron chi connectivity index (χ0n) is 17.9. The number of amides is 1. The zero-order chi connectivity index (χ0) is 23.2. The molecule has 1 unspecified atom stereocenters. The highest BCUT2D eigenvalue weighted by Gasteiger charge is 2.43. The maximum absolute atomic E-state index is 13.5. The first-order valence-electron chi connectivity index (χ1n) is 10.6. The highest BCUT2D eigenvalue weighted by molar-refractivity contribution is 7.86. The second-order valence-electron chi connectivity index (χ2n) is 8.27. The Bertz CT molecular complexity index is 1320. The van der Waals surface area contributed by atoms with Gasteiger partial charge in [-0.25, -0.2) is 0 Å². The second-order valence-corrected chi connectivity index (χ2v) is 10.6. The van der Waals surface area contributed by atoms with E-state index < -0.39 is 16.1 Å². The lowest BCUT2D eigenvalue weighted by Gasteiger charge is -2.42. The summed E-state index contributed by atoms with van der Waals surface area (Å²) in [5, 5.41) is 5.22. The van der Waals surface area contributed by atoms with Crippen molar-refractivity contribution in [2.24, 2.45) is 0 Å². The molecule has 1 aromatic heterocycles. The molecule has 3 heterocycles. The molecule has 5 rings (SSSR count). The number of methoxy groups -OCH3 is 1. The number of anilines is 1. The minimum Gasteiger partial charge on any atom is -0.379 e. The third kappa shape index (κ3) is 4.11. The van der Waals surface area contributed by atoms with Gasteiger partial charge in [0.2, 0.25) is 5.91 Å². The van der Waals surface area contributed by atoms with Crippen LogP contribution in [0.4, 0.5) is 5.69 Å². The lowest BCUT2D eigenvalue weighted by Crippen LogP contribution is -2.59. The molecular weight excluding hydrogens is 464 g/mol. The Morgan fingerprint density at radius 2 is 1.91 bits per heavy atom. The SMILES string of the molecule is COC1CN(S(=O)(=O)N2Cc3ccc(Cl)cc3C(C(=O)Nc3cncc4ccccc34)C2)C1. The van der Waals surface area contributed by atoms with Crippen molar-refractivity contribution in [3.63, 3.8) is 0 Å². The van der Waals surface area contributed by atoms with Crippen LogP contribution in [0.15, 0.2) is 54.9 Å². The number of pyridine rings is 1. The summed E-state index contributed by atoms with van der Waals surface area (Å²) < 4.78 is 34.4. The number of hydrogen-bond acceptors (Lipinski definition) is 5. The van der Waals surface area contributed by atoms with Crippen LogP contribution in [0, 0.1) is 0 Å². The fourth-order valence-electron chi connectivity index (χ4n) is 4.33. The number of fused-ring (bicyclic) bond motifs is 2. The van der Waals surface area contributed by atoms with Crippen molar-refractivity contribution in [2.75, 3.05) is 32.1 Å². The summed E-state index contributed by atoms with van der Waals surface area (Å²) in [6.45, 7) is 0.819. The molecule has 10 heteroatoms. The number of benzene rings is 2. The van der Waals surface area contributed by atoms with E-state index in [-0.39, 0.29) is 25.1 Å². The molecule has 2 aliphatic heterocycles. The highest BCUT2D eigenvalue weighted by Crippen LogP contribution is 2.35. The fourth-order valence-corrected chi connectivity index (χ4v) is 6.18. The predicted molar refractivity (Wildman–Crippen MR) is 126 cm³/mol. The Morgan fingerprint density at radius 1 is 1.12 bits per heavy atom. The lowest BCUT2D eigenvalue weighted by molar-refractivity contribution is -0.118. The number of aromatic nitrogens is 1. The first kappa shape index (κ1) is 22.2. The van der Waals surface area contributed by atoms with Crippen molar-refractivity contribution < 1.29 is 17.9 Å². The third-order valence-electron chi connectivity index (χ3n) is 6.26. The van der Waals surface area contributed by atoms with Crippen LogP contribution in [0.1, 0.15) is 17.0 Å². The summed E-state index contributed by atoms with van der Waals surface area (Å²) in [6.07, 6.45) is 3.23. The molecule has 1 fully saturated rings. The van der Waals surface area contributed by atoms with Crippen LogP contribution in [0.2, 0.25) is 5.02 Å². The van der Waals surface area contributed by atoms with E-state index in [1.165, 1.54) is 8.61 Å². The molecule has 0 aliphatic carbocycles. The van der Waals surface area contributed by atoms with Crippen molar-refractivity contribution in [1.29, 1.82) is 0 Å². The molecule has 0 bridgehead atoms. The largest absolute Gasteiger partial charge is 0.379 e. The predicted octanol–water partition coefficient (Wildman–Crippen LogP) is 3.00. The lowest BCUT2D eigenvalue weighted by atomic mass is 9.90. The Hall–Kier alpha value is -2.56. The van der Waals surface area contributed by atoms with Crippen LogP contribution in [0.3, 0.4) is 0 Å². The van der Waals surface area contributed by atoms with Gasteiger partial charge in [0.05, 0.1) is 23.9 Å². The van der Waals surface area contributed by atoms with Crippen molar-refractivity contribution in [3.8, 4) is 0 Å². The molecule has 1 amide bonds. The molecule has 33 heavy (non-hydrogen) atoms. The van der Waals surface area contributed by atoms with Crippen molar-refractivity contribution in [1.82, 2.24) is 13.6 Å². The highest BCUT2D eigenvalue weighted by atomic mass is 35.5. The number of halogens is 1. The van der Waals surface area contributed by atoms with Gasteiger partial charge in [-0.1, -0.05) is 41.9 Å². The minimum atomic E-state index is -3.73. The van der Waals surface area contributed by atoms with Crippen molar-refractivity contribution >= 4 is 44.2 Å². The summed E-state index contributed by atoms with van der Waals surface area (Å²) in [5.74, 6) is -1.03. The Morgan fingerprint density at radius 3 is 2.70 bits per heavy atom. The molecule has 2 aromatic carbocycles. The van der Waals surface area contributed by atoms with E-state index in [0.717, 1.165) is 21.9 Å². The van der Waals surface area contributed by atoms with E-state index in [9.17, 15) is 13.2 Å². The minimum absolute atomic E-state index is 0.0217. The van der Waals surface area contributed by atoms with Gasteiger partial charge in [-0.05, 0) is 23.3 Å². The number of carbonyl (C=O) groups excluding carboxylic acids is 1. The molecule has 1 N–H and O–H groups in total. The van der Waals surface area contributed by atoms with Gasteiger partial charge in [0.15, 0.2) is 0 Å². The number of ether oxygens (including phenoxy) is 1. The summed E-state index contributed by atoms with van der Waals surface area (Å²) in [6, 6.07) is 12.9. The van der Waals surface area contributed by atoms with Crippen LogP contribution in [-0.2, 0) is 26.3 Å². The smallest absolute Gasteiger partial charge is 0.282 e. The van der Waals surface area contributed by atoms with Crippen LogP contribution < -0.4 is 5.32 Å². The van der Waals surface area contributed by atoms with Gasteiger partial charge in [0.25, 0.3) is 10.2 Å². The number of nitrogens with zero attached hydrogens (tertiary/aromatic N) is 3. The average molecular weight is 487 g/mol. The van der Waals surface area contributed by atoms with Gasteiger partial charge in [-0.15, -0.1) is 0 Å². The Balaban J connectivity index is 1.46. The molecule has 8 nitrogen and oxygen atoms in total. The van der Waals surface area contributed by atoms with Crippen LogP contribution >= 0.6 is 11.6 Å². The molecule has 0 radical (unpaired) electrons. The summed E-state index contributed by atoms with van der Waals surface area (Å²) in [7, 11) is -2.17. The molecule has 0 saturated carbocycles. The van der Waals surface area contributed by atoms with Crippen molar-refractivity contribution in [3.05, 3.63) is 71.0 Å². The molecule has 0 spiro atoms. The maximum atomic E-state index is 13.5. The number of hydrogen-bond donors (Lipinski definition) is 1. The molecule has 1 atom stereocenters. The number of carbonyl (C=O) groups is 1. The normalized spacial score (nSPS) is 19.8. The summed E-state index contributed by atoms with van der Waals surface area (Å²) in [4.78, 5) is 17.7. The summed E-state index contributed by atoms with van der Waals surface area (Å²) >= 11 is 6.23. The molecule has 3 aromatic rings. The molecular formula is C23H23ClN4O4S. The quantitative estimate of drug-likeness (QED) is 0.598. The van der Waals surface area contributed by atoms with Crippen molar-refractivity contribution in [2.45, 2.75) is 18.6 Å². The van der Waals surface area contributed by atoms with E-state index >= 15 is 0 Å². The van der Waals surface area contributed by atoms with Crippen LogP contribution in [0.25, 0.3) is 10.8 Å². The van der Waals surface area contributed by atoms with E-state index in [1.807, 2.05) is 24.3 Å².